The van der Waals surface area contributed by atoms with Crippen LogP contribution in [-0.2, 0) is 0 Å². The lowest BCUT2D eigenvalue weighted by Crippen LogP contribution is -1.85. The van der Waals surface area contributed by atoms with Gasteiger partial charge in [-0.2, -0.15) is 0 Å². The summed E-state index contributed by atoms with van der Waals surface area (Å²) in [5.74, 6) is 0. The zero-order valence-electron chi connectivity index (χ0n) is 10.2. The predicted octanol–water partition coefficient (Wildman–Crippen LogP) is 4.33. The highest BCUT2D eigenvalue weighted by molar-refractivity contribution is 4.51. The molecule has 2 rings (SSSR count). The van der Waals surface area contributed by atoms with Crippen molar-refractivity contribution in [3.05, 3.63) is 10.1 Å². The minimum atomic E-state index is -1.50. The van der Waals surface area contributed by atoms with Gasteiger partial charge in [0.1, 0.15) is 0 Å². The average molecular weight is 231 g/mol. The van der Waals surface area contributed by atoms with Crippen LogP contribution < -0.4 is 0 Å². The van der Waals surface area contributed by atoms with Crippen molar-refractivity contribution in [2.45, 2.75) is 77.0 Å². The van der Waals surface area contributed by atoms with Gasteiger partial charge in [0.2, 0.25) is 0 Å². The number of hydrogen-bond acceptors (Lipinski definition) is 2. The van der Waals surface area contributed by atoms with Crippen molar-refractivity contribution in [1.29, 1.82) is 0 Å². The van der Waals surface area contributed by atoms with Gasteiger partial charge in [-0.25, -0.2) is 0 Å². The lowest BCUT2D eigenvalue weighted by molar-refractivity contribution is -0.742. The van der Waals surface area contributed by atoms with Crippen LogP contribution in [0.5, 0.6) is 0 Å². The van der Waals surface area contributed by atoms with E-state index in [0.717, 1.165) is 0 Å². The highest BCUT2D eigenvalue weighted by Gasteiger charge is 1.96. The molecule has 0 bridgehead atoms. The fourth-order valence-electron chi connectivity index (χ4n) is 2.12. The van der Waals surface area contributed by atoms with Crippen molar-refractivity contribution < 1.29 is 10.3 Å². The molecule has 0 aliphatic heterocycles. The molecule has 16 heavy (non-hydrogen) atoms. The van der Waals surface area contributed by atoms with E-state index in [0.29, 0.717) is 0 Å². The predicted molar refractivity (Wildman–Crippen MR) is 64.2 cm³/mol. The zero-order valence-corrected chi connectivity index (χ0v) is 10.2. The average Bonchev–Trinajstić information content (AvgIpc) is 2.34. The van der Waals surface area contributed by atoms with Crippen LogP contribution in [0.25, 0.3) is 0 Å². The normalized spacial score (nSPS) is 19.5. The van der Waals surface area contributed by atoms with Crippen molar-refractivity contribution in [1.82, 2.24) is 0 Å². The van der Waals surface area contributed by atoms with E-state index in [1.807, 2.05) is 0 Å². The number of rotatable bonds is 0. The van der Waals surface area contributed by atoms with Crippen molar-refractivity contribution in [2.75, 3.05) is 0 Å². The maximum Gasteiger partial charge on any atom is 0.291 e. The van der Waals surface area contributed by atoms with E-state index in [1.165, 1.54) is 77.0 Å². The van der Waals surface area contributed by atoms with Gasteiger partial charge < -0.3 is 5.21 Å². The molecule has 4 nitrogen and oxygen atoms in total. The van der Waals surface area contributed by atoms with E-state index in [2.05, 4.69) is 0 Å². The third kappa shape index (κ3) is 15.7. The van der Waals surface area contributed by atoms with E-state index in [1.54, 1.807) is 0 Å². The van der Waals surface area contributed by atoms with Gasteiger partial charge in [-0.05, 0) is 0 Å². The molecule has 0 amide bonds. The summed E-state index contributed by atoms with van der Waals surface area (Å²) in [5.41, 5.74) is 0. The van der Waals surface area contributed by atoms with Crippen molar-refractivity contribution in [3.63, 3.8) is 0 Å². The first-order valence-electron chi connectivity index (χ1n) is 6.57. The molecule has 0 aromatic carbocycles. The van der Waals surface area contributed by atoms with E-state index in [4.69, 9.17) is 15.3 Å². The highest BCUT2D eigenvalue weighted by atomic mass is 16.9. The summed E-state index contributed by atoms with van der Waals surface area (Å²) < 4.78 is 0. The molecule has 0 heterocycles. The quantitative estimate of drug-likeness (QED) is 0.498. The Morgan fingerprint density at radius 1 is 0.625 bits per heavy atom. The molecule has 0 radical (unpaired) electrons. The Morgan fingerprint density at radius 3 is 0.750 bits per heavy atom. The molecule has 2 aliphatic rings. The maximum absolute atomic E-state index is 8.36. The minimum absolute atomic E-state index is 1.50. The summed E-state index contributed by atoms with van der Waals surface area (Å²) in [6, 6.07) is 0. The molecule has 0 aromatic rings. The largest absolute Gasteiger partial charge is 0.328 e. The Labute approximate surface area is 98.2 Å². The van der Waals surface area contributed by atoms with Crippen molar-refractivity contribution in [3.8, 4) is 0 Å². The molecule has 0 spiro atoms. The Morgan fingerprint density at radius 2 is 0.688 bits per heavy atom. The fraction of sp³-hybridized carbons (Fsp3) is 1.00. The van der Waals surface area contributed by atoms with Crippen LogP contribution in [0.2, 0.25) is 0 Å². The smallest absolute Gasteiger partial charge is 0.291 e. The van der Waals surface area contributed by atoms with Gasteiger partial charge >= 0.3 is 0 Å². The molecular formula is C12H25NO3. The Bertz CT molecular complexity index is 115. The van der Waals surface area contributed by atoms with Crippen LogP contribution in [0, 0.1) is 10.1 Å². The highest BCUT2D eigenvalue weighted by Crippen LogP contribution is 2.15. The molecule has 96 valence electrons. The Hall–Kier alpha value is -0.800. The molecule has 2 saturated carbocycles. The van der Waals surface area contributed by atoms with Gasteiger partial charge in [0.15, 0.2) is 0 Å². The summed E-state index contributed by atoms with van der Waals surface area (Å²) in [6.07, 6.45) is 18.0. The van der Waals surface area contributed by atoms with Crippen LogP contribution in [0.15, 0.2) is 0 Å². The third-order valence-corrected chi connectivity index (χ3v) is 3.00. The van der Waals surface area contributed by atoms with Crippen LogP contribution in [-0.4, -0.2) is 10.3 Å². The van der Waals surface area contributed by atoms with Crippen LogP contribution >= 0.6 is 0 Å². The summed E-state index contributed by atoms with van der Waals surface area (Å²) in [5, 5.41) is 13.6. The third-order valence-electron chi connectivity index (χ3n) is 3.00. The van der Waals surface area contributed by atoms with E-state index in [9.17, 15) is 0 Å². The second kappa shape index (κ2) is 12.3. The van der Waals surface area contributed by atoms with E-state index in [-0.39, 0.29) is 0 Å². The van der Waals surface area contributed by atoms with Crippen LogP contribution in [0.3, 0.4) is 0 Å². The number of hydrogen-bond donors (Lipinski definition) is 1. The first-order valence-corrected chi connectivity index (χ1v) is 6.57. The second-order valence-electron chi connectivity index (χ2n) is 4.48. The summed E-state index contributed by atoms with van der Waals surface area (Å²) in [7, 11) is 0. The molecule has 0 atom stereocenters. The van der Waals surface area contributed by atoms with Crippen LogP contribution in [0.4, 0.5) is 0 Å². The molecule has 4 heteroatoms. The minimum Gasteiger partial charge on any atom is -0.328 e. The summed E-state index contributed by atoms with van der Waals surface area (Å²) in [6.45, 7) is 0. The Kier molecular flexibility index (Phi) is 11.7. The van der Waals surface area contributed by atoms with Gasteiger partial charge in [-0.15, -0.1) is 10.1 Å². The second-order valence-corrected chi connectivity index (χ2v) is 4.48. The maximum atomic E-state index is 8.36. The monoisotopic (exact) mass is 231 g/mol. The summed E-state index contributed by atoms with van der Waals surface area (Å²) in [4.78, 5) is 8.36. The van der Waals surface area contributed by atoms with Gasteiger partial charge in [-0.3, -0.25) is 0 Å². The zero-order chi connectivity index (χ0) is 12.1. The Balaban J connectivity index is 0.000000217. The van der Waals surface area contributed by atoms with E-state index < -0.39 is 5.09 Å². The molecular weight excluding hydrogens is 206 g/mol. The van der Waals surface area contributed by atoms with Crippen molar-refractivity contribution in [2.24, 2.45) is 0 Å². The van der Waals surface area contributed by atoms with Gasteiger partial charge in [0.05, 0.1) is 0 Å². The molecule has 0 aromatic heterocycles. The SMILES string of the molecule is C1CCCCC1.C1CCCCC1.O=[N+]([O-])O. The van der Waals surface area contributed by atoms with Gasteiger partial charge in [-0.1, -0.05) is 77.0 Å². The lowest BCUT2D eigenvalue weighted by Gasteiger charge is -2.05. The molecule has 2 fully saturated rings. The molecule has 0 saturated heterocycles. The number of nitrogens with zero attached hydrogens (tertiary/aromatic N) is 1. The first-order chi connectivity index (χ1) is 7.73. The summed E-state index contributed by atoms with van der Waals surface area (Å²) >= 11 is 0. The first kappa shape index (κ1) is 15.2. The standard InChI is InChI=1S/2C6H12.HNO3/c2*1-2-4-6-5-3-1;2-1(3)4/h2*1-6H2;(H,2,3,4). The topological polar surface area (TPSA) is 63.4 Å². The van der Waals surface area contributed by atoms with Gasteiger partial charge in [0, 0.05) is 0 Å². The van der Waals surface area contributed by atoms with Gasteiger partial charge in [0.25, 0.3) is 5.09 Å². The molecule has 2 aliphatic carbocycles. The molecule has 0 unspecified atom stereocenters. The van der Waals surface area contributed by atoms with Crippen LogP contribution in [0.1, 0.15) is 77.0 Å². The fourth-order valence-corrected chi connectivity index (χ4v) is 2.12. The van der Waals surface area contributed by atoms with Crippen molar-refractivity contribution >= 4 is 0 Å². The molecule has 1 N–H and O–H groups in total. The van der Waals surface area contributed by atoms with E-state index >= 15 is 0 Å². The lowest BCUT2D eigenvalue weighted by atomic mass is 10.0.